The molecule has 0 aliphatic rings. The van der Waals surface area contributed by atoms with Gasteiger partial charge in [-0.15, -0.1) is 0 Å². The van der Waals surface area contributed by atoms with Gasteiger partial charge in [0.1, 0.15) is 0 Å². The Balaban J connectivity index is 1.41. The molecule has 0 aliphatic carbocycles. The Morgan fingerprint density at radius 1 is 0.538 bits per heavy atom. The zero-order valence-electron chi connectivity index (χ0n) is 16.1. The third-order valence-electron chi connectivity index (χ3n) is 5.52. The molecule has 2 heteroatoms. The van der Waals surface area contributed by atoms with Crippen LogP contribution in [0.25, 0.3) is 21.8 Å². The molecule has 1 heterocycles. The molecule has 0 spiro atoms. The molecule has 0 amide bonds. The fraction of sp³-hybridized carbons (Fsp3) is 0.500. The van der Waals surface area contributed by atoms with Gasteiger partial charge in [0.2, 0.25) is 0 Å². The second kappa shape index (κ2) is 10.4. The van der Waals surface area contributed by atoms with E-state index in [0.717, 1.165) is 13.1 Å². The average molecular weight is 351 g/mol. The first-order valence-electron chi connectivity index (χ1n) is 10.6. The molecule has 2 N–H and O–H groups in total. The average Bonchev–Trinajstić information content (AvgIpc) is 3.00. The van der Waals surface area contributed by atoms with Gasteiger partial charge < -0.3 is 10.3 Å². The van der Waals surface area contributed by atoms with Gasteiger partial charge in [-0.25, -0.2) is 0 Å². The molecule has 140 valence electrons. The third-order valence-corrected chi connectivity index (χ3v) is 5.52. The minimum absolute atomic E-state index is 0.853. The number of fused-ring (bicyclic) bond motifs is 3. The zero-order chi connectivity index (χ0) is 18.0. The summed E-state index contributed by atoms with van der Waals surface area (Å²) in [5.41, 5.74) is 8.29. The van der Waals surface area contributed by atoms with E-state index in [0.29, 0.717) is 0 Å². The minimum Gasteiger partial charge on any atom is -0.340 e. The first-order valence-corrected chi connectivity index (χ1v) is 10.6. The van der Waals surface area contributed by atoms with Crippen LogP contribution in [0.1, 0.15) is 64.2 Å². The highest BCUT2D eigenvalue weighted by Crippen LogP contribution is 2.29. The van der Waals surface area contributed by atoms with Crippen LogP contribution in [0.4, 0.5) is 0 Å². The lowest BCUT2D eigenvalue weighted by atomic mass is 10.1. The molecular formula is C24H34N2. The number of nitrogens with two attached hydrogens (primary N) is 1. The zero-order valence-corrected chi connectivity index (χ0v) is 16.1. The van der Waals surface area contributed by atoms with Crippen LogP contribution in [-0.2, 0) is 6.54 Å². The van der Waals surface area contributed by atoms with E-state index in [1.54, 1.807) is 0 Å². The molecule has 3 rings (SSSR count). The van der Waals surface area contributed by atoms with E-state index in [1.807, 2.05) is 0 Å². The molecule has 26 heavy (non-hydrogen) atoms. The lowest BCUT2D eigenvalue weighted by Gasteiger charge is -2.07. The van der Waals surface area contributed by atoms with Crippen molar-refractivity contribution in [2.24, 2.45) is 5.73 Å². The molecule has 1 aromatic heterocycles. The molecular weight excluding hydrogens is 316 g/mol. The topological polar surface area (TPSA) is 30.9 Å². The Morgan fingerprint density at radius 3 is 1.46 bits per heavy atom. The molecule has 0 saturated heterocycles. The Bertz CT molecular complexity index is 734. The molecule has 2 nitrogen and oxygen atoms in total. The van der Waals surface area contributed by atoms with E-state index in [4.69, 9.17) is 5.73 Å². The smallest absolute Gasteiger partial charge is 0.0491 e. The number of nitrogens with zero attached hydrogens (tertiary/aromatic N) is 1. The van der Waals surface area contributed by atoms with Gasteiger partial charge in [-0.05, 0) is 31.5 Å². The molecule has 0 fully saturated rings. The summed E-state index contributed by atoms with van der Waals surface area (Å²) in [6.07, 6.45) is 13.5. The number of benzene rings is 2. The number of hydrogen-bond donors (Lipinski definition) is 1. The normalized spacial score (nSPS) is 11.6. The van der Waals surface area contributed by atoms with E-state index in [-0.39, 0.29) is 0 Å². The summed E-state index contributed by atoms with van der Waals surface area (Å²) in [5, 5.41) is 2.77. The van der Waals surface area contributed by atoms with Crippen LogP contribution in [0.5, 0.6) is 0 Å². The van der Waals surface area contributed by atoms with Crippen LogP contribution in [0.2, 0.25) is 0 Å². The lowest BCUT2D eigenvalue weighted by molar-refractivity contribution is 0.539. The predicted molar refractivity (Wildman–Crippen MR) is 115 cm³/mol. The highest BCUT2D eigenvalue weighted by atomic mass is 15.0. The van der Waals surface area contributed by atoms with Crippen molar-refractivity contribution in [3.8, 4) is 0 Å². The maximum absolute atomic E-state index is 5.53. The van der Waals surface area contributed by atoms with Gasteiger partial charge in [-0.1, -0.05) is 87.8 Å². The summed E-state index contributed by atoms with van der Waals surface area (Å²) in [4.78, 5) is 0. The second-order valence-corrected chi connectivity index (χ2v) is 7.51. The molecule has 0 unspecified atom stereocenters. The fourth-order valence-electron chi connectivity index (χ4n) is 4.07. The largest absolute Gasteiger partial charge is 0.340 e. The van der Waals surface area contributed by atoms with Crippen molar-refractivity contribution < 1.29 is 0 Å². The highest BCUT2D eigenvalue weighted by molar-refractivity contribution is 6.07. The molecule has 3 aromatic rings. The van der Waals surface area contributed by atoms with E-state index in [2.05, 4.69) is 53.1 Å². The van der Waals surface area contributed by atoms with Crippen LogP contribution >= 0.6 is 0 Å². The van der Waals surface area contributed by atoms with E-state index < -0.39 is 0 Å². The Hall–Kier alpha value is -1.80. The van der Waals surface area contributed by atoms with Gasteiger partial charge in [0.25, 0.3) is 0 Å². The van der Waals surface area contributed by atoms with Gasteiger partial charge in [0.15, 0.2) is 0 Å². The number of rotatable bonds is 12. The van der Waals surface area contributed by atoms with E-state index >= 15 is 0 Å². The van der Waals surface area contributed by atoms with Gasteiger partial charge in [-0.3, -0.25) is 0 Å². The molecule has 0 radical (unpaired) electrons. The summed E-state index contributed by atoms with van der Waals surface area (Å²) in [6.45, 7) is 1.99. The van der Waals surface area contributed by atoms with Gasteiger partial charge >= 0.3 is 0 Å². The summed E-state index contributed by atoms with van der Waals surface area (Å²) >= 11 is 0. The quantitative estimate of drug-likeness (QED) is 0.364. The maximum Gasteiger partial charge on any atom is 0.0491 e. The van der Waals surface area contributed by atoms with Gasteiger partial charge in [-0.2, -0.15) is 0 Å². The fourth-order valence-corrected chi connectivity index (χ4v) is 4.07. The van der Waals surface area contributed by atoms with E-state index in [9.17, 15) is 0 Å². The number of aromatic nitrogens is 1. The number of aryl methyl sites for hydroxylation is 1. The van der Waals surface area contributed by atoms with Crippen molar-refractivity contribution in [2.75, 3.05) is 6.54 Å². The summed E-state index contributed by atoms with van der Waals surface area (Å²) in [5.74, 6) is 0. The Morgan fingerprint density at radius 2 is 0.962 bits per heavy atom. The Labute approximate surface area is 158 Å². The third kappa shape index (κ3) is 4.88. The number of unbranched alkanes of at least 4 members (excludes halogenated alkanes) is 9. The number of para-hydroxylation sites is 2. The van der Waals surface area contributed by atoms with Crippen LogP contribution < -0.4 is 5.73 Å². The lowest BCUT2D eigenvalue weighted by Crippen LogP contribution is -1.97. The Kier molecular flexibility index (Phi) is 7.57. The van der Waals surface area contributed by atoms with Crippen molar-refractivity contribution in [1.29, 1.82) is 0 Å². The van der Waals surface area contributed by atoms with Crippen LogP contribution in [-0.4, -0.2) is 11.1 Å². The van der Waals surface area contributed by atoms with Crippen LogP contribution in [0, 0.1) is 0 Å². The van der Waals surface area contributed by atoms with Crippen molar-refractivity contribution in [2.45, 2.75) is 70.8 Å². The van der Waals surface area contributed by atoms with Gasteiger partial charge in [0.05, 0.1) is 0 Å². The second-order valence-electron chi connectivity index (χ2n) is 7.51. The summed E-state index contributed by atoms with van der Waals surface area (Å²) in [7, 11) is 0. The van der Waals surface area contributed by atoms with Crippen molar-refractivity contribution in [3.63, 3.8) is 0 Å². The summed E-state index contributed by atoms with van der Waals surface area (Å²) in [6, 6.07) is 17.6. The van der Waals surface area contributed by atoms with Gasteiger partial charge in [0, 0.05) is 28.4 Å². The molecule has 2 aromatic carbocycles. The first kappa shape index (κ1) is 19.0. The highest BCUT2D eigenvalue weighted by Gasteiger charge is 2.08. The molecule has 0 atom stereocenters. The minimum atomic E-state index is 0.853. The molecule has 0 bridgehead atoms. The molecule has 0 aliphatic heterocycles. The van der Waals surface area contributed by atoms with E-state index in [1.165, 1.54) is 86.0 Å². The SMILES string of the molecule is NCCCCCCCCCCCCn1c2ccccc2c2ccccc21. The summed E-state index contributed by atoms with van der Waals surface area (Å²) < 4.78 is 2.52. The monoisotopic (exact) mass is 350 g/mol. The standard InChI is InChI=1S/C24H34N2/c25-19-13-7-5-3-1-2-4-6-8-14-20-26-23-17-11-9-15-21(23)22-16-10-12-18-24(22)26/h9-12,15-18H,1-8,13-14,19-20,25H2. The van der Waals surface area contributed by atoms with Crippen molar-refractivity contribution in [1.82, 2.24) is 4.57 Å². The maximum atomic E-state index is 5.53. The van der Waals surface area contributed by atoms with Crippen LogP contribution in [0.3, 0.4) is 0 Å². The van der Waals surface area contributed by atoms with Crippen LogP contribution in [0.15, 0.2) is 48.5 Å². The number of hydrogen-bond acceptors (Lipinski definition) is 1. The predicted octanol–water partition coefficient (Wildman–Crippen LogP) is 6.65. The first-order chi connectivity index (χ1) is 12.9. The molecule has 0 saturated carbocycles. The van der Waals surface area contributed by atoms with Crippen molar-refractivity contribution >= 4 is 21.8 Å². The van der Waals surface area contributed by atoms with Crippen molar-refractivity contribution in [3.05, 3.63) is 48.5 Å².